The molecule has 0 spiro atoms. The molecule has 1 saturated heterocycles. The number of aromatic amines is 1. The number of thiophene rings is 1. The van der Waals surface area contributed by atoms with Gasteiger partial charge in [-0.3, -0.25) is 9.69 Å². The van der Waals surface area contributed by atoms with E-state index in [4.69, 9.17) is 0 Å². The third-order valence-corrected chi connectivity index (χ3v) is 6.54. The van der Waals surface area contributed by atoms with Crippen molar-refractivity contribution < 1.29 is 18.0 Å². The number of alkyl halides is 3. The first-order chi connectivity index (χ1) is 14.7. The van der Waals surface area contributed by atoms with Crippen LogP contribution < -0.4 is 10.2 Å². The summed E-state index contributed by atoms with van der Waals surface area (Å²) in [6, 6.07) is 1.10. The van der Waals surface area contributed by atoms with E-state index in [1.165, 1.54) is 12.4 Å². The standard InChI is InChI=1S/C20H23F3N6OS/c1-11-12(2)26-15(25-11)9-28-4-6-29(7-5-28)16-8-14(20(21,22)23)18-17(27-16)13(10-31-18)19(30)24-3/h8,10H,4-7,9H2,1-3H3,(H,24,30)(H,25,26). The van der Waals surface area contributed by atoms with Gasteiger partial charge in [0.1, 0.15) is 11.6 Å². The number of nitrogens with one attached hydrogen (secondary N) is 2. The lowest BCUT2D eigenvalue weighted by Crippen LogP contribution is -2.46. The summed E-state index contributed by atoms with van der Waals surface area (Å²) in [5.74, 6) is 0.682. The van der Waals surface area contributed by atoms with Crippen molar-refractivity contribution in [3.05, 3.63) is 39.8 Å². The zero-order valence-electron chi connectivity index (χ0n) is 17.4. The SMILES string of the molecule is CNC(=O)c1csc2c(C(F)(F)F)cc(N3CCN(Cc4nc(C)c(C)[nH]4)CC3)nc12. The number of fused-ring (bicyclic) bond motifs is 1. The Labute approximate surface area is 181 Å². The molecule has 1 aliphatic rings. The predicted molar refractivity (Wildman–Crippen MR) is 114 cm³/mol. The van der Waals surface area contributed by atoms with Gasteiger partial charge < -0.3 is 15.2 Å². The van der Waals surface area contributed by atoms with Gasteiger partial charge >= 0.3 is 6.18 Å². The van der Waals surface area contributed by atoms with Crippen molar-refractivity contribution in [2.24, 2.45) is 0 Å². The first-order valence-corrected chi connectivity index (χ1v) is 10.8. The van der Waals surface area contributed by atoms with E-state index in [1.54, 1.807) is 0 Å². The van der Waals surface area contributed by atoms with Crippen molar-refractivity contribution in [1.82, 2.24) is 25.2 Å². The molecule has 3 aromatic heterocycles. The molecule has 4 heterocycles. The van der Waals surface area contributed by atoms with Crippen molar-refractivity contribution in [2.75, 3.05) is 38.1 Å². The lowest BCUT2D eigenvalue weighted by molar-refractivity contribution is -0.136. The first-order valence-electron chi connectivity index (χ1n) is 9.88. The van der Waals surface area contributed by atoms with E-state index in [0.29, 0.717) is 32.7 Å². The molecule has 0 bridgehead atoms. The molecule has 0 saturated carbocycles. The minimum absolute atomic E-state index is 0.0166. The Morgan fingerprint density at radius 2 is 1.94 bits per heavy atom. The minimum atomic E-state index is -4.53. The summed E-state index contributed by atoms with van der Waals surface area (Å²) in [5, 5.41) is 3.90. The lowest BCUT2D eigenvalue weighted by Gasteiger charge is -2.35. The molecule has 31 heavy (non-hydrogen) atoms. The molecule has 2 N–H and O–H groups in total. The number of carbonyl (C=O) groups excluding carboxylic acids is 1. The van der Waals surface area contributed by atoms with Gasteiger partial charge in [0, 0.05) is 44.3 Å². The number of aromatic nitrogens is 3. The van der Waals surface area contributed by atoms with Crippen molar-refractivity contribution in [1.29, 1.82) is 0 Å². The smallest absolute Gasteiger partial charge is 0.355 e. The number of rotatable bonds is 4. The maximum absolute atomic E-state index is 13.7. The van der Waals surface area contributed by atoms with Gasteiger partial charge in [-0.2, -0.15) is 13.2 Å². The number of piperazine rings is 1. The summed E-state index contributed by atoms with van der Waals surface area (Å²) in [5.41, 5.74) is 1.51. The Bertz CT molecular complexity index is 1090. The van der Waals surface area contributed by atoms with Crippen molar-refractivity contribution in [2.45, 2.75) is 26.6 Å². The number of amides is 1. The quantitative estimate of drug-likeness (QED) is 0.635. The van der Waals surface area contributed by atoms with Crippen LogP contribution in [0.25, 0.3) is 10.2 Å². The molecule has 0 unspecified atom stereocenters. The lowest BCUT2D eigenvalue weighted by atomic mass is 10.1. The van der Waals surface area contributed by atoms with E-state index in [0.717, 1.165) is 34.6 Å². The van der Waals surface area contributed by atoms with Crippen LogP contribution in [0.1, 0.15) is 33.1 Å². The molecule has 0 aromatic carbocycles. The van der Waals surface area contributed by atoms with E-state index >= 15 is 0 Å². The van der Waals surface area contributed by atoms with Gasteiger partial charge in [-0.05, 0) is 19.9 Å². The molecule has 1 amide bonds. The number of imidazole rings is 1. The molecule has 4 rings (SSSR count). The van der Waals surface area contributed by atoms with Crippen molar-refractivity contribution >= 4 is 33.3 Å². The summed E-state index contributed by atoms with van der Waals surface area (Å²) in [4.78, 5) is 28.4. The van der Waals surface area contributed by atoms with Crippen LogP contribution >= 0.6 is 11.3 Å². The molecule has 0 aliphatic carbocycles. The van der Waals surface area contributed by atoms with Crippen LogP contribution in [0.3, 0.4) is 0 Å². The highest BCUT2D eigenvalue weighted by molar-refractivity contribution is 7.17. The molecule has 11 heteroatoms. The molecule has 0 radical (unpaired) electrons. The molecule has 7 nitrogen and oxygen atoms in total. The number of halogens is 3. The Balaban J connectivity index is 1.58. The molecule has 3 aromatic rings. The van der Waals surface area contributed by atoms with Gasteiger partial charge in [-0.25, -0.2) is 9.97 Å². The second kappa shape index (κ2) is 8.12. The number of H-pyrrole nitrogens is 1. The van der Waals surface area contributed by atoms with Gasteiger partial charge in [-0.15, -0.1) is 11.3 Å². The predicted octanol–water partition coefficient (Wildman–Crippen LogP) is 3.34. The summed E-state index contributed by atoms with van der Waals surface area (Å²) in [7, 11) is 1.45. The summed E-state index contributed by atoms with van der Waals surface area (Å²) in [6.07, 6.45) is -4.53. The van der Waals surface area contributed by atoms with Gasteiger partial charge in [0.05, 0.1) is 33.6 Å². The normalized spacial score (nSPS) is 15.6. The average molecular weight is 453 g/mol. The van der Waals surface area contributed by atoms with Gasteiger partial charge in [-0.1, -0.05) is 0 Å². The first kappa shape index (κ1) is 21.6. The van der Waals surface area contributed by atoms with Gasteiger partial charge in [0.25, 0.3) is 5.91 Å². The zero-order chi connectivity index (χ0) is 22.3. The van der Waals surface area contributed by atoms with E-state index in [9.17, 15) is 18.0 Å². The van der Waals surface area contributed by atoms with Crippen LogP contribution in [-0.4, -0.2) is 59.0 Å². The zero-order valence-corrected chi connectivity index (χ0v) is 18.2. The monoisotopic (exact) mass is 452 g/mol. The Morgan fingerprint density at radius 3 is 2.52 bits per heavy atom. The Hall–Kier alpha value is -2.66. The number of nitrogens with zero attached hydrogens (tertiary/aromatic N) is 4. The number of hydrogen-bond donors (Lipinski definition) is 2. The number of carbonyl (C=O) groups is 1. The third-order valence-electron chi connectivity index (χ3n) is 5.53. The molecule has 0 atom stereocenters. The van der Waals surface area contributed by atoms with E-state index in [2.05, 4.69) is 25.2 Å². The Kier molecular flexibility index (Phi) is 5.65. The fourth-order valence-corrected chi connectivity index (χ4v) is 4.73. The number of pyridine rings is 1. The molecular weight excluding hydrogens is 429 g/mol. The highest BCUT2D eigenvalue weighted by Crippen LogP contribution is 2.40. The van der Waals surface area contributed by atoms with E-state index < -0.39 is 17.6 Å². The maximum atomic E-state index is 13.7. The number of hydrogen-bond acceptors (Lipinski definition) is 6. The third kappa shape index (κ3) is 4.24. The van der Waals surface area contributed by atoms with Crippen molar-refractivity contribution in [3.8, 4) is 0 Å². The number of anilines is 1. The fourth-order valence-electron chi connectivity index (χ4n) is 3.71. The van der Waals surface area contributed by atoms with E-state index in [-0.39, 0.29) is 21.6 Å². The molecule has 1 fully saturated rings. The highest BCUT2D eigenvalue weighted by Gasteiger charge is 2.36. The summed E-state index contributed by atoms with van der Waals surface area (Å²) in [6.45, 7) is 7.00. The van der Waals surface area contributed by atoms with Crippen LogP contribution in [0.2, 0.25) is 0 Å². The number of aryl methyl sites for hydroxylation is 2. The molecule has 1 aliphatic heterocycles. The maximum Gasteiger partial charge on any atom is 0.417 e. The Morgan fingerprint density at radius 1 is 1.23 bits per heavy atom. The van der Waals surface area contributed by atoms with E-state index in [1.807, 2.05) is 18.7 Å². The van der Waals surface area contributed by atoms with Crippen LogP contribution in [0.4, 0.5) is 19.0 Å². The van der Waals surface area contributed by atoms with Crippen LogP contribution in [0, 0.1) is 13.8 Å². The van der Waals surface area contributed by atoms with Gasteiger partial charge in [0.15, 0.2) is 0 Å². The van der Waals surface area contributed by atoms with Crippen LogP contribution in [0.15, 0.2) is 11.4 Å². The second-order valence-corrected chi connectivity index (χ2v) is 8.47. The average Bonchev–Trinajstić information content (AvgIpc) is 3.29. The fraction of sp³-hybridized carbons (Fsp3) is 0.450. The van der Waals surface area contributed by atoms with Crippen LogP contribution in [0.5, 0.6) is 0 Å². The minimum Gasteiger partial charge on any atom is -0.355 e. The molecule has 166 valence electrons. The summed E-state index contributed by atoms with van der Waals surface area (Å²) < 4.78 is 41.2. The highest BCUT2D eigenvalue weighted by atomic mass is 32.1. The topological polar surface area (TPSA) is 77.2 Å². The van der Waals surface area contributed by atoms with Crippen molar-refractivity contribution in [3.63, 3.8) is 0 Å². The second-order valence-electron chi connectivity index (χ2n) is 7.59. The van der Waals surface area contributed by atoms with Gasteiger partial charge in [0.2, 0.25) is 0 Å². The van der Waals surface area contributed by atoms with Crippen LogP contribution in [-0.2, 0) is 12.7 Å². The largest absolute Gasteiger partial charge is 0.417 e. The summed E-state index contributed by atoms with van der Waals surface area (Å²) >= 11 is 0.891. The molecular formula is C20H23F3N6OS.